The van der Waals surface area contributed by atoms with E-state index < -0.39 is 5.97 Å². The van der Waals surface area contributed by atoms with Crippen LogP contribution in [0.4, 0.5) is 0 Å². The molecule has 1 aromatic heterocycles. The molecule has 1 N–H and O–H groups in total. The highest BCUT2D eigenvalue weighted by atomic mass is 35.5. The van der Waals surface area contributed by atoms with Crippen LogP contribution in [-0.2, 0) is 4.79 Å². The molecule has 19 heavy (non-hydrogen) atoms. The highest BCUT2D eigenvalue weighted by Crippen LogP contribution is 2.26. The second kappa shape index (κ2) is 5.78. The van der Waals surface area contributed by atoms with E-state index in [1.807, 2.05) is 6.07 Å². The Morgan fingerprint density at radius 3 is 3.00 bits per heavy atom. The Kier molecular flexibility index (Phi) is 4.10. The third kappa shape index (κ3) is 3.08. The van der Waals surface area contributed by atoms with Gasteiger partial charge in [-0.25, -0.2) is 4.98 Å². The molecule has 0 aliphatic carbocycles. The first-order chi connectivity index (χ1) is 9.11. The van der Waals surface area contributed by atoms with Crippen LogP contribution < -0.4 is 0 Å². The summed E-state index contributed by atoms with van der Waals surface area (Å²) in [6.45, 7) is 0. The molecule has 0 fully saturated rings. The van der Waals surface area contributed by atoms with Gasteiger partial charge in [-0.2, -0.15) is 5.26 Å². The van der Waals surface area contributed by atoms with Crippen molar-refractivity contribution in [2.45, 2.75) is 5.16 Å². The Morgan fingerprint density at radius 1 is 1.58 bits per heavy atom. The average molecular weight is 294 g/mol. The third-order valence-electron chi connectivity index (χ3n) is 2.27. The van der Waals surface area contributed by atoms with E-state index in [0.29, 0.717) is 21.4 Å². The summed E-state index contributed by atoms with van der Waals surface area (Å²) in [5, 5.41) is 18.4. The van der Waals surface area contributed by atoms with E-state index in [0.717, 1.165) is 11.8 Å². The number of aromatic nitrogens is 2. The van der Waals surface area contributed by atoms with Crippen molar-refractivity contribution in [1.82, 2.24) is 9.55 Å². The first-order valence-electron chi connectivity index (χ1n) is 5.20. The standard InChI is InChI=1S/C12H8ClN3O2S/c13-9-5-8(6-14)1-2-10(9)16-4-3-15-12(16)19-7-11(17)18/h1-5H,7H2,(H,17,18). The second-order valence-electron chi connectivity index (χ2n) is 3.54. The Labute approximate surface area is 118 Å². The van der Waals surface area contributed by atoms with Crippen molar-refractivity contribution in [3.63, 3.8) is 0 Å². The van der Waals surface area contributed by atoms with E-state index >= 15 is 0 Å². The van der Waals surface area contributed by atoms with Crippen LogP contribution in [0.1, 0.15) is 5.56 Å². The molecule has 0 aliphatic heterocycles. The van der Waals surface area contributed by atoms with Crippen LogP contribution in [0.15, 0.2) is 35.7 Å². The molecule has 1 heterocycles. The Bertz CT molecular complexity index is 663. The van der Waals surface area contributed by atoms with Gasteiger partial charge in [0.2, 0.25) is 0 Å². The summed E-state index contributed by atoms with van der Waals surface area (Å²) in [5.41, 5.74) is 1.12. The second-order valence-corrected chi connectivity index (χ2v) is 4.89. The lowest BCUT2D eigenvalue weighted by molar-refractivity contribution is -0.133. The van der Waals surface area contributed by atoms with E-state index in [9.17, 15) is 4.79 Å². The predicted octanol–water partition coefficient (Wildman–Crippen LogP) is 2.57. The maximum Gasteiger partial charge on any atom is 0.313 e. The molecule has 0 saturated heterocycles. The van der Waals surface area contributed by atoms with Crippen LogP contribution in [0.3, 0.4) is 0 Å². The number of thioether (sulfide) groups is 1. The predicted molar refractivity (Wildman–Crippen MR) is 71.6 cm³/mol. The number of hydrogen-bond donors (Lipinski definition) is 1. The lowest BCUT2D eigenvalue weighted by Gasteiger charge is -2.08. The number of halogens is 1. The molecule has 2 rings (SSSR count). The summed E-state index contributed by atoms with van der Waals surface area (Å²) in [6.07, 6.45) is 3.26. The van der Waals surface area contributed by atoms with E-state index in [-0.39, 0.29) is 5.75 Å². The van der Waals surface area contributed by atoms with Crippen molar-refractivity contribution in [3.8, 4) is 11.8 Å². The number of imidazole rings is 1. The Morgan fingerprint density at radius 2 is 2.37 bits per heavy atom. The molecule has 0 amide bonds. The summed E-state index contributed by atoms with van der Waals surface area (Å²) in [7, 11) is 0. The molecule has 0 bridgehead atoms. The number of hydrogen-bond acceptors (Lipinski definition) is 4. The monoisotopic (exact) mass is 293 g/mol. The van der Waals surface area contributed by atoms with Crippen molar-refractivity contribution < 1.29 is 9.90 Å². The van der Waals surface area contributed by atoms with Gasteiger partial charge in [0.1, 0.15) is 0 Å². The van der Waals surface area contributed by atoms with Gasteiger partial charge >= 0.3 is 5.97 Å². The molecule has 1 aromatic carbocycles. The lowest BCUT2D eigenvalue weighted by Crippen LogP contribution is -2.01. The molecule has 96 valence electrons. The van der Waals surface area contributed by atoms with E-state index in [2.05, 4.69) is 4.98 Å². The minimum absolute atomic E-state index is 0.0785. The first kappa shape index (κ1) is 13.5. The lowest BCUT2D eigenvalue weighted by atomic mass is 10.2. The number of carboxylic acids is 1. The summed E-state index contributed by atoms with van der Waals surface area (Å²) in [4.78, 5) is 14.7. The largest absolute Gasteiger partial charge is 0.481 e. The quantitative estimate of drug-likeness (QED) is 0.877. The van der Waals surface area contributed by atoms with Gasteiger partial charge in [-0.05, 0) is 18.2 Å². The van der Waals surface area contributed by atoms with E-state index in [1.165, 1.54) is 0 Å². The summed E-state index contributed by atoms with van der Waals surface area (Å²) in [6, 6.07) is 6.91. The van der Waals surface area contributed by atoms with E-state index in [4.69, 9.17) is 22.0 Å². The molecule has 0 spiro atoms. The summed E-state index contributed by atoms with van der Waals surface area (Å²) in [5.74, 6) is -0.990. The maximum absolute atomic E-state index is 10.6. The molecule has 2 aromatic rings. The zero-order valence-electron chi connectivity index (χ0n) is 9.58. The topological polar surface area (TPSA) is 78.9 Å². The normalized spacial score (nSPS) is 10.1. The molecule has 0 atom stereocenters. The molecular weight excluding hydrogens is 286 g/mol. The molecular formula is C12H8ClN3O2S. The van der Waals surface area contributed by atoms with Gasteiger partial charge < -0.3 is 5.11 Å². The van der Waals surface area contributed by atoms with Crippen LogP contribution in [-0.4, -0.2) is 26.4 Å². The van der Waals surface area contributed by atoms with Crippen LogP contribution in [0.2, 0.25) is 5.02 Å². The fraction of sp³-hybridized carbons (Fsp3) is 0.0833. The average Bonchev–Trinajstić information content (AvgIpc) is 2.84. The van der Waals surface area contributed by atoms with Crippen molar-refractivity contribution in [2.24, 2.45) is 0 Å². The van der Waals surface area contributed by atoms with Gasteiger partial charge in [0, 0.05) is 12.4 Å². The fourth-order valence-corrected chi connectivity index (χ4v) is 2.44. The number of carboxylic acid groups (broad SMARTS) is 1. The smallest absolute Gasteiger partial charge is 0.313 e. The Hall–Kier alpha value is -1.97. The molecule has 5 nitrogen and oxygen atoms in total. The summed E-state index contributed by atoms with van der Waals surface area (Å²) >= 11 is 7.21. The van der Waals surface area contributed by atoms with E-state index in [1.54, 1.807) is 35.2 Å². The zero-order chi connectivity index (χ0) is 13.8. The Balaban J connectivity index is 2.35. The molecule has 0 aliphatic rings. The molecule has 0 unspecified atom stereocenters. The number of nitrogens with zero attached hydrogens (tertiary/aromatic N) is 3. The highest BCUT2D eigenvalue weighted by Gasteiger charge is 2.11. The van der Waals surface area contributed by atoms with Crippen LogP contribution >= 0.6 is 23.4 Å². The number of aliphatic carboxylic acids is 1. The SMILES string of the molecule is N#Cc1ccc(-n2ccnc2SCC(=O)O)c(Cl)c1. The van der Waals surface area contributed by atoms with Crippen molar-refractivity contribution >= 4 is 29.3 Å². The minimum Gasteiger partial charge on any atom is -0.481 e. The molecule has 0 saturated carbocycles. The first-order valence-corrected chi connectivity index (χ1v) is 6.56. The van der Waals surface area contributed by atoms with Gasteiger partial charge in [0.15, 0.2) is 5.16 Å². The van der Waals surface area contributed by atoms with Crippen LogP contribution in [0, 0.1) is 11.3 Å². The highest BCUT2D eigenvalue weighted by molar-refractivity contribution is 7.99. The molecule has 0 radical (unpaired) electrons. The van der Waals surface area contributed by atoms with Gasteiger partial charge in [0.05, 0.1) is 28.1 Å². The molecule has 7 heteroatoms. The van der Waals surface area contributed by atoms with Gasteiger partial charge in [-0.3, -0.25) is 9.36 Å². The zero-order valence-corrected chi connectivity index (χ0v) is 11.1. The van der Waals surface area contributed by atoms with Crippen molar-refractivity contribution in [3.05, 3.63) is 41.2 Å². The summed E-state index contributed by atoms with van der Waals surface area (Å²) < 4.78 is 1.69. The third-order valence-corrected chi connectivity index (χ3v) is 3.52. The van der Waals surface area contributed by atoms with Crippen molar-refractivity contribution in [1.29, 1.82) is 5.26 Å². The minimum atomic E-state index is -0.912. The number of benzene rings is 1. The van der Waals surface area contributed by atoms with Gasteiger partial charge in [-0.15, -0.1) is 0 Å². The number of rotatable bonds is 4. The van der Waals surface area contributed by atoms with Gasteiger partial charge in [0.25, 0.3) is 0 Å². The fourth-order valence-electron chi connectivity index (χ4n) is 1.48. The van der Waals surface area contributed by atoms with Crippen LogP contribution in [0.5, 0.6) is 0 Å². The van der Waals surface area contributed by atoms with Gasteiger partial charge in [-0.1, -0.05) is 23.4 Å². The number of nitriles is 1. The van der Waals surface area contributed by atoms with Crippen molar-refractivity contribution in [2.75, 3.05) is 5.75 Å². The van der Waals surface area contributed by atoms with Crippen LogP contribution in [0.25, 0.3) is 5.69 Å². The number of carbonyl (C=O) groups is 1. The maximum atomic E-state index is 10.6.